The van der Waals surface area contributed by atoms with Crippen LogP contribution in [-0.4, -0.2) is 65.6 Å². The van der Waals surface area contributed by atoms with E-state index >= 15 is 0 Å². The first kappa shape index (κ1) is 26.1. The number of carbonyl (C=O) groups is 1. The average molecular weight is 510 g/mol. The van der Waals surface area contributed by atoms with Crippen LogP contribution in [0.2, 0.25) is 0 Å². The number of methoxy groups -OCH3 is 1. The number of carbonyl (C=O) groups excluding carboxylic acids is 1. The van der Waals surface area contributed by atoms with Crippen molar-refractivity contribution >= 4 is 26.0 Å². The molecule has 0 aliphatic carbocycles. The van der Waals surface area contributed by atoms with Crippen molar-refractivity contribution in [2.45, 2.75) is 42.0 Å². The van der Waals surface area contributed by atoms with Gasteiger partial charge in [-0.15, -0.1) is 0 Å². The molecular weight excluding hydrogens is 478 g/mol. The third-order valence-electron chi connectivity index (χ3n) is 5.76. The van der Waals surface area contributed by atoms with Crippen molar-refractivity contribution < 1.29 is 26.4 Å². The number of nitrogens with zero attached hydrogens (tertiary/aromatic N) is 2. The molecule has 0 radical (unpaired) electrons. The van der Waals surface area contributed by atoms with Crippen molar-refractivity contribution in [2.24, 2.45) is 0 Å². The Morgan fingerprint density at radius 3 is 2.15 bits per heavy atom. The van der Waals surface area contributed by atoms with Gasteiger partial charge in [0.25, 0.3) is 5.91 Å². The van der Waals surface area contributed by atoms with E-state index < -0.39 is 26.0 Å². The SMILES string of the molecule is COc1ccc(C(=O)NCc2ccc(S(=O)(=O)N(C)C)cc2)cc1S(=O)(=O)N1CCCCCC1. The van der Waals surface area contributed by atoms with Crippen LogP contribution in [0.4, 0.5) is 0 Å². The quantitative estimate of drug-likeness (QED) is 0.585. The van der Waals surface area contributed by atoms with Crippen LogP contribution in [0.25, 0.3) is 0 Å². The number of amides is 1. The average Bonchev–Trinajstić information content (AvgIpc) is 3.12. The van der Waals surface area contributed by atoms with Crippen LogP contribution in [0.3, 0.4) is 0 Å². The Morgan fingerprint density at radius 1 is 0.971 bits per heavy atom. The molecular formula is C23H31N3O6S2. The number of hydrogen-bond donors (Lipinski definition) is 1. The van der Waals surface area contributed by atoms with Crippen molar-refractivity contribution in [3.63, 3.8) is 0 Å². The molecule has 34 heavy (non-hydrogen) atoms. The van der Waals surface area contributed by atoms with Crippen LogP contribution < -0.4 is 10.1 Å². The highest BCUT2D eigenvalue weighted by molar-refractivity contribution is 7.89. The fraction of sp³-hybridized carbons (Fsp3) is 0.435. The molecule has 1 aliphatic heterocycles. The molecule has 0 aromatic heterocycles. The molecule has 2 aromatic rings. The molecule has 9 nitrogen and oxygen atoms in total. The van der Waals surface area contributed by atoms with Gasteiger partial charge in [-0.3, -0.25) is 4.79 Å². The zero-order valence-electron chi connectivity index (χ0n) is 19.7. The monoisotopic (exact) mass is 509 g/mol. The summed E-state index contributed by atoms with van der Waals surface area (Å²) < 4.78 is 58.8. The normalized spacial score (nSPS) is 15.6. The van der Waals surface area contributed by atoms with Gasteiger partial charge in [-0.25, -0.2) is 21.1 Å². The number of ether oxygens (including phenoxy) is 1. The van der Waals surface area contributed by atoms with Gasteiger partial charge < -0.3 is 10.1 Å². The Kier molecular flexibility index (Phi) is 8.34. The Morgan fingerprint density at radius 2 is 1.59 bits per heavy atom. The second-order valence-corrected chi connectivity index (χ2v) is 12.4. The van der Waals surface area contributed by atoms with Crippen molar-refractivity contribution in [1.29, 1.82) is 0 Å². The van der Waals surface area contributed by atoms with Gasteiger partial charge in [0.05, 0.1) is 12.0 Å². The molecule has 1 N–H and O–H groups in total. The van der Waals surface area contributed by atoms with Crippen molar-refractivity contribution in [1.82, 2.24) is 13.9 Å². The standard InChI is InChI=1S/C23H31N3O6S2/c1-25(2)33(28,29)20-11-8-18(9-12-20)17-24-23(27)19-10-13-21(32-3)22(16-19)34(30,31)26-14-6-4-5-7-15-26/h8-13,16H,4-7,14-15,17H2,1-3H3,(H,24,27). The van der Waals surface area contributed by atoms with Crippen LogP contribution in [-0.2, 0) is 26.6 Å². The lowest BCUT2D eigenvalue weighted by Gasteiger charge is -2.21. The lowest BCUT2D eigenvalue weighted by atomic mass is 10.2. The largest absolute Gasteiger partial charge is 0.495 e. The Balaban J connectivity index is 1.77. The summed E-state index contributed by atoms with van der Waals surface area (Å²) in [5.41, 5.74) is 0.901. The van der Waals surface area contributed by atoms with E-state index in [9.17, 15) is 21.6 Å². The summed E-state index contributed by atoms with van der Waals surface area (Å²) in [5, 5.41) is 2.75. The minimum Gasteiger partial charge on any atom is -0.495 e. The fourth-order valence-electron chi connectivity index (χ4n) is 3.72. The number of nitrogens with one attached hydrogen (secondary N) is 1. The second-order valence-electron chi connectivity index (χ2n) is 8.30. The van der Waals surface area contributed by atoms with E-state index in [2.05, 4.69) is 5.32 Å². The van der Waals surface area contributed by atoms with E-state index in [1.165, 1.54) is 55.8 Å². The highest BCUT2D eigenvalue weighted by Gasteiger charge is 2.29. The fourth-order valence-corrected chi connectivity index (χ4v) is 6.32. The number of benzene rings is 2. The van der Waals surface area contributed by atoms with Crippen molar-refractivity contribution in [3.8, 4) is 5.75 Å². The maximum Gasteiger partial charge on any atom is 0.251 e. The molecule has 1 amide bonds. The van der Waals surface area contributed by atoms with Gasteiger partial charge in [-0.05, 0) is 48.7 Å². The van der Waals surface area contributed by atoms with Crippen LogP contribution in [0.1, 0.15) is 41.6 Å². The summed E-state index contributed by atoms with van der Waals surface area (Å²) >= 11 is 0. The highest BCUT2D eigenvalue weighted by Crippen LogP contribution is 2.29. The molecule has 0 atom stereocenters. The van der Waals surface area contributed by atoms with Gasteiger partial charge in [0.1, 0.15) is 10.6 Å². The molecule has 0 spiro atoms. The predicted octanol–water partition coefficient (Wildman–Crippen LogP) is 2.44. The minimum atomic E-state index is -3.81. The van der Waals surface area contributed by atoms with E-state index in [1.807, 2.05) is 0 Å². The Labute approximate surface area is 201 Å². The molecule has 0 unspecified atom stereocenters. The van der Waals surface area contributed by atoms with Crippen LogP contribution in [0, 0.1) is 0 Å². The Hall–Kier alpha value is -2.47. The van der Waals surface area contributed by atoms with Gasteiger partial charge in [0.15, 0.2) is 0 Å². The number of rotatable bonds is 8. The minimum absolute atomic E-state index is 0.0252. The summed E-state index contributed by atoms with van der Waals surface area (Å²) in [6.45, 7) is 1.05. The predicted molar refractivity (Wildman–Crippen MR) is 129 cm³/mol. The van der Waals surface area contributed by atoms with E-state index in [1.54, 1.807) is 12.1 Å². The molecule has 1 heterocycles. The van der Waals surface area contributed by atoms with E-state index in [0.717, 1.165) is 30.0 Å². The summed E-state index contributed by atoms with van der Waals surface area (Å²) in [6.07, 6.45) is 3.59. The van der Waals surface area contributed by atoms with Gasteiger partial charge in [-0.2, -0.15) is 4.31 Å². The highest BCUT2D eigenvalue weighted by atomic mass is 32.2. The zero-order valence-corrected chi connectivity index (χ0v) is 21.3. The summed E-state index contributed by atoms with van der Waals surface area (Å²) in [5.74, 6) is -0.251. The van der Waals surface area contributed by atoms with E-state index in [0.29, 0.717) is 18.7 Å². The summed E-state index contributed by atoms with van der Waals surface area (Å²) in [6, 6.07) is 10.6. The Bertz CT molecular complexity index is 1220. The third kappa shape index (κ3) is 5.77. The van der Waals surface area contributed by atoms with Crippen LogP contribution >= 0.6 is 0 Å². The van der Waals surface area contributed by atoms with Crippen molar-refractivity contribution in [2.75, 3.05) is 34.3 Å². The smallest absolute Gasteiger partial charge is 0.251 e. The molecule has 1 aliphatic rings. The van der Waals surface area contributed by atoms with Gasteiger partial charge in [-0.1, -0.05) is 25.0 Å². The van der Waals surface area contributed by atoms with Gasteiger partial charge >= 0.3 is 0 Å². The van der Waals surface area contributed by atoms with Crippen LogP contribution in [0.15, 0.2) is 52.3 Å². The zero-order chi connectivity index (χ0) is 24.9. The molecule has 3 rings (SSSR count). The molecule has 0 saturated carbocycles. The first-order valence-corrected chi connectivity index (χ1v) is 13.9. The third-order valence-corrected chi connectivity index (χ3v) is 9.51. The first-order chi connectivity index (χ1) is 16.1. The van der Waals surface area contributed by atoms with Crippen molar-refractivity contribution in [3.05, 3.63) is 53.6 Å². The van der Waals surface area contributed by atoms with Gasteiger partial charge in [0.2, 0.25) is 20.0 Å². The van der Waals surface area contributed by atoms with E-state index in [-0.39, 0.29) is 27.6 Å². The summed E-state index contributed by atoms with van der Waals surface area (Å²) in [7, 11) is -3.03. The van der Waals surface area contributed by atoms with Gasteiger partial charge in [0, 0.05) is 39.3 Å². The lowest BCUT2D eigenvalue weighted by Crippen LogP contribution is -2.32. The molecule has 11 heteroatoms. The second kappa shape index (κ2) is 10.9. The number of sulfonamides is 2. The maximum absolute atomic E-state index is 13.3. The molecule has 186 valence electrons. The van der Waals surface area contributed by atoms with Crippen LogP contribution in [0.5, 0.6) is 5.75 Å². The lowest BCUT2D eigenvalue weighted by molar-refractivity contribution is 0.0950. The molecule has 0 bridgehead atoms. The maximum atomic E-state index is 13.3. The number of hydrogen-bond acceptors (Lipinski definition) is 6. The summed E-state index contributed by atoms with van der Waals surface area (Å²) in [4.78, 5) is 12.9. The first-order valence-electron chi connectivity index (χ1n) is 11.0. The molecule has 1 fully saturated rings. The molecule has 1 saturated heterocycles. The topological polar surface area (TPSA) is 113 Å². The van der Waals surface area contributed by atoms with E-state index in [4.69, 9.17) is 4.74 Å². The molecule has 2 aromatic carbocycles.